The van der Waals surface area contributed by atoms with E-state index in [-0.39, 0.29) is 0 Å². The van der Waals surface area contributed by atoms with Crippen molar-refractivity contribution in [3.8, 4) is 0 Å². The van der Waals surface area contributed by atoms with Crippen LogP contribution in [0.2, 0.25) is 0 Å². The van der Waals surface area contributed by atoms with Crippen LogP contribution >= 0.6 is 23.6 Å². The van der Waals surface area contributed by atoms with Crippen molar-refractivity contribution in [2.24, 2.45) is 0 Å². The van der Waals surface area contributed by atoms with E-state index in [4.69, 9.17) is 12.2 Å². The van der Waals surface area contributed by atoms with E-state index in [1.165, 1.54) is 9.71 Å². The highest BCUT2D eigenvalue weighted by molar-refractivity contribution is 7.80. The van der Waals surface area contributed by atoms with Gasteiger partial charge < -0.3 is 10.6 Å². The molecular formula is C12H15N3S2. The Morgan fingerprint density at radius 3 is 2.94 bits per heavy atom. The van der Waals surface area contributed by atoms with Crippen molar-refractivity contribution >= 4 is 44.6 Å². The fourth-order valence-electron chi connectivity index (χ4n) is 1.54. The van der Waals surface area contributed by atoms with E-state index >= 15 is 0 Å². The van der Waals surface area contributed by atoms with E-state index in [0.717, 1.165) is 24.2 Å². The minimum atomic E-state index is 0.659. The van der Waals surface area contributed by atoms with Crippen molar-refractivity contribution in [2.75, 3.05) is 11.9 Å². The molecule has 1 heterocycles. The number of nitrogens with zero attached hydrogens (tertiary/aromatic N) is 1. The maximum absolute atomic E-state index is 5.15. The fraction of sp³-hybridized carbons (Fsp3) is 0.333. The molecule has 0 bridgehead atoms. The van der Waals surface area contributed by atoms with Crippen molar-refractivity contribution in [2.45, 2.75) is 20.3 Å². The molecule has 1 aromatic heterocycles. The third-order valence-corrected chi connectivity index (χ3v) is 3.74. The summed E-state index contributed by atoms with van der Waals surface area (Å²) in [5.41, 5.74) is 2.07. The molecule has 0 fully saturated rings. The molecule has 2 aromatic rings. The van der Waals surface area contributed by atoms with Crippen molar-refractivity contribution in [1.29, 1.82) is 0 Å². The maximum Gasteiger partial charge on any atom is 0.170 e. The van der Waals surface area contributed by atoms with Crippen molar-refractivity contribution < 1.29 is 0 Å². The van der Waals surface area contributed by atoms with Gasteiger partial charge in [-0.2, -0.15) is 0 Å². The monoisotopic (exact) mass is 265 g/mol. The van der Waals surface area contributed by atoms with Gasteiger partial charge in [0.05, 0.1) is 15.2 Å². The summed E-state index contributed by atoms with van der Waals surface area (Å²) in [4.78, 5) is 4.53. The van der Waals surface area contributed by atoms with Gasteiger partial charge in [-0.15, -0.1) is 11.3 Å². The second kappa shape index (κ2) is 5.42. The molecule has 1 aromatic carbocycles. The summed E-state index contributed by atoms with van der Waals surface area (Å²) in [6.07, 6.45) is 0.984. The van der Waals surface area contributed by atoms with Crippen LogP contribution in [0.15, 0.2) is 18.2 Å². The number of fused-ring (bicyclic) bond motifs is 1. The molecule has 0 saturated heterocycles. The minimum absolute atomic E-state index is 0.659. The van der Waals surface area contributed by atoms with E-state index in [2.05, 4.69) is 28.6 Å². The zero-order valence-electron chi connectivity index (χ0n) is 9.91. The summed E-state index contributed by atoms with van der Waals surface area (Å²) in [5.74, 6) is 0. The lowest BCUT2D eigenvalue weighted by atomic mass is 10.3. The quantitative estimate of drug-likeness (QED) is 0.836. The Morgan fingerprint density at radius 2 is 2.24 bits per heavy atom. The van der Waals surface area contributed by atoms with Gasteiger partial charge >= 0.3 is 0 Å². The summed E-state index contributed by atoms with van der Waals surface area (Å²) in [5, 5.41) is 8.06. The van der Waals surface area contributed by atoms with Gasteiger partial charge in [0.1, 0.15) is 0 Å². The summed E-state index contributed by atoms with van der Waals surface area (Å²) in [6, 6.07) is 6.13. The molecule has 0 amide bonds. The lowest BCUT2D eigenvalue weighted by Crippen LogP contribution is -2.27. The van der Waals surface area contributed by atoms with Crippen LogP contribution in [0.3, 0.4) is 0 Å². The highest BCUT2D eigenvalue weighted by Gasteiger charge is 2.03. The molecule has 2 rings (SSSR count). The van der Waals surface area contributed by atoms with Gasteiger partial charge in [0.25, 0.3) is 0 Å². The molecule has 5 heteroatoms. The van der Waals surface area contributed by atoms with Gasteiger partial charge in [0, 0.05) is 12.2 Å². The van der Waals surface area contributed by atoms with Gasteiger partial charge in [-0.05, 0) is 43.8 Å². The summed E-state index contributed by atoms with van der Waals surface area (Å²) >= 11 is 6.89. The Morgan fingerprint density at radius 1 is 1.41 bits per heavy atom. The third kappa shape index (κ3) is 2.92. The highest BCUT2D eigenvalue weighted by atomic mass is 32.1. The SMILES string of the molecule is CCNC(=S)Nc1ccc2nc(CC)sc2c1. The molecule has 0 spiro atoms. The minimum Gasteiger partial charge on any atom is -0.363 e. The number of nitrogens with one attached hydrogen (secondary N) is 2. The summed E-state index contributed by atoms with van der Waals surface area (Å²) in [6.45, 7) is 4.97. The molecule has 90 valence electrons. The largest absolute Gasteiger partial charge is 0.363 e. The molecule has 2 N–H and O–H groups in total. The number of aromatic nitrogens is 1. The van der Waals surface area contributed by atoms with Crippen LogP contribution in [0.5, 0.6) is 0 Å². The number of rotatable bonds is 3. The number of anilines is 1. The Hall–Kier alpha value is -1.20. The van der Waals surface area contributed by atoms with Gasteiger partial charge in [-0.25, -0.2) is 4.98 Å². The summed E-state index contributed by atoms with van der Waals surface area (Å²) < 4.78 is 1.20. The van der Waals surface area contributed by atoms with Gasteiger partial charge in [0.15, 0.2) is 5.11 Å². The molecule has 0 radical (unpaired) electrons. The maximum atomic E-state index is 5.15. The number of hydrogen-bond acceptors (Lipinski definition) is 3. The molecule has 0 saturated carbocycles. The van der Waals surface area contributed by atoms with E-state index in [0.29, 0.717) is 5.11 Å². The Bertz CT molecular complexity index is 534. The van der Waals surface area contributed by atoms with Crippen molar-refractivity contribution in [1.82, 2.24) is 10.3 Å². The fourth-order valence-corrected chi connectivity index (χ4v) is 2.75. The molecule has 0 atom stereocenters. The molecule has 0 unspecified atom stereocenters. The van der Waals surface area contributed by atoms with Crippen LogP contribution < -0.4 is 10.6 Å². The number of aryl methyl sites for hydroxylation is 1. The molecule has 0 aliphatic rings. The zero-order chi connectivity index (χ0) is 12.3. The van der Waals surface area contributed by atoms with Crippen molar-refractivity contribution in [3.63, 3.8) is 0 Å². The van der Waals surface area contributed by atoms with E-state index in [9.17, 15) is 0 Å². The van der Waals surface area contributed by atoms with Gasteiger partial charge in [0.2, 0.25) is 0 Å². The first-order chi connectivity index (χ1) is 8.22. The first kappa shape index (κ1) is 12.3. The van der Waals surface area contributed by atoms with Crippen LogP contribution in [-0.4, -0.2) is 16.6 Å². The van der Waals surface area contributed by atoms with Gasteiger partial charge in [-0.1, -0.05) is 6.92 Å². The molecule has 0 aliphatic carbocycles. The lowest BCUT2D eigenvalue weighted by Gasteiger charge is -2.08. The summed E-state index contributed by atoms with van der Waals surface area (Å²) in [7, 11) is 0. The first-order valence-electron chi connectivity index (χ1n) is 5.67. The Balaban J connectivity index is 2.21. The number of benzene rings is 1. The van der Waals surface area contributed by atoms with Crippen molar-refractivity contribution in [3.05, 3.63) is 23.2 Å². The third-order valence-electron chi connectivity index (χ3n) is 2.33. The predicted octanol–water partition coefficient (Wildman–Crippen LogP) is 3.17. The Kier molecular flexibility index (Phi) is 3.91. The Labute approximate surface area is 110 Å². The van der Waals surface area contributed by atoms with Crippen LogP contribution in [0, 0.1) is 0 Å². The molecule has 0 aliphatic heterocycles. The zero-order valence-corrected chi connectivity index (χ0v) is 11.5. The second-order valence-corrected chi connectivity index (χ2v) is 5.15. The predicted molar refractivity (Wildman–Crippen MR) is 78.9 cm³/mol. The van der Waals surface area contributed by atoms with Crippen LogP contribution in [0.4, 0.5) is 5.69 Å². The average molecular weight is 265 g/mol. The average Bonchev–Trinajstić information content (AvgIpc) is 2.71. The smallest absolute Gasteiger partial charge is 0.170 e. The van der Waals surface area contributed by atoms with E-state index < -0.39 is 0 Å². The van der Waals surface area contributed by atoms with Crippen LogP contribution in [0.25, 0.3) is 10.2 Å². The van der Waals surface area contributed by atoms with E-state index in [1.54, 1.807) is 11.3 Å². The van der Waals surface area contributed by atoms with Gasteiger partial charge in [-0.3, -0.25) is 0 Å². The van der Waals surface area contributed by atoms with Crippen LogP contribution in [-0.2, 0) is 6.42 Å². The lowest BCUT2D eigenvalue weighted by molar-refractivity contribution is 0.979. The molecular weight excluding hydrogens is 250 g/mol. The molecule has 3 nitrogen and oxygen atoms in total. The second-order valence-electron chi connectivity index (χ2n) is 3.63. The highest BCUT2D eigenvalue weighted by Crippen LogP contribution is 2.25. The molecule has 17 heavy (non-hydrogen) atoms. The number of thiazole rings is 1. The normalized spacial score (nSPS) is 10.5. The number of thiocarbonyl (C=S) groups is 1. The first-order valence-corrected chi connectivity index (χ1v) is 6.89. The van der Waals surface area contributed by atoms with E-state index in [1.807, 2.05) is 19.1 Å². The van der Waals surface area contributed by atoms with Crippen LogP contribution in [0.1, 0.15) is 18.9 Å². The standard InChI is InChI=1S/C12H15N3S2/c1-3-11-15-9-6-5-8(7-10(9)17-11)14-12(16)13-4-2/h5-7H,3-4H2,1-2H3,(H2,13,14,16). The topological polar surface area (TPSA) is 37.0 Å². The number of hydrogen-bond donors (Lipinski definition) is 2.